The monoisotopic (exact) mass is 471 g/mol. The number of hydrogen-bond acceptors (Lipinski definition) is 6. The van der Waals surface area contributed by atoms with Gasteiger partial charge >= 0.3 is 0 Å². The van der Waals surface area contributed by atoms with E-state index < -0.39 is 0 Å². The van der Waals surface area contributed by atoms with Gasteiger partial charge in [-0.15, -0.1) is 10.2 Å². The Bertz CT molecular complexity index is 1530. The van der Waals surface area contributed by atoms with E-state index in [4.69, 9.17) is 4.74 Å². The molecule has 2 aromatic heterocycles. The first-order valence-corrected chi connectivity index (χ1v) is 11.7. The molecule has 9 heteroatoms. The molecule has 0 radical (unpaired) electrons. The lowest BCUT2D eigenvalue weighted by atomic mass is 10.2. The zero-order valence-electron chi connectivity index (χ0n) is 18.3. The van der Waals surface area contributed by atoms with E-state index in [0.717, 1.165) is 5.75 Å². The lowest BCUT2D eigenvalue weighted by Crippen LogP contribution is -2.21. The maximum absolute atomic E-state index is 13.3. The molecular formula is C25H21N5O3S. The van der Waals surface area contributed by atoms with Crippen LogP contribution in [0.2, 0.25) is 0 Å². The molecule has 0 fully saturated rings. The molecule has 2 heterocycles. The molecule has 3 aromatic carbocycles. The predicted molar refractivity (Wildman–Crippen MR) is 133 cm³/mol. The van der Waals surface area contributed by atoms with Crippen molar-refractivity contribution in [1.82, 2.24) is 19.2 Å². The summed E-state index contributed by atoms with van der Waals surface area (Å²) in [6.45, 7) is 2.50. The van der Waals surface area contributed by atoms with Gasteiger partial charge in [-0.25, -0.2) is 4.57 Å². The van der Waals surface area contributed by atoms with Gasteiger partial charge in [-0.1, -0.05) is 42.1 Å². The van der Waals surface area contributed by atoms with Crippen molar-refractivity contribution in [3.8, 4) is 11.4 Å². The maximum Gasteiger partial charge on any atom is 0.267 e. The molecule has 0 saturated carbocycles. The largest absolute Gasteiger partial charge is 0.494 e. The number of para-hydroxylation sites is 2. The first-order valence-electron chi connectivity index (χ1n) is 10.8. The second-order valence-electron chi connectivity index (χ2n) is 7.41. The van der Waals surface area contributed by atoms with Crippen LogP contribution in [0.5, 0.6) is 5.75 Å². The van der Waals surface area contributed by atoms with Crippen molar-refractivity contribution in [2.75, 3.05) is 17.7 Å². The van der Waals surface area contributed by atoms with Gasteiger partial charge in [-0.05, 0) is 55.5 Å². The predicted octanol–water partition coefficient (Wildman–Crippen LogP) is 4.16. The molecule has 0 saturated heterocycles. The van der Waals surface area contributed by atoms with E-state index in [1.54, 1.807) is 22.8 Å². The number of nitrogens with zero attached hydrogens (tertiary/aromatic N) is 4. The number of nitrogens with one attached hydrogen (secondary N) is 1. The standard InChI is InChI=1S/C25H21N5O3S/c1-2-33-19-14-12-17(13-15-19)26-22(31)16-34-25-28-27-24-29(18-8-4-3-5-9-18)23(32)20-10-6-7-11-21(20)30(24)25/h3-15H,2,16H2,1H3,(H,26,31). The highest BCUT2D eigenvalue weighted by Gasteiger charge is 2.18. The third-order valence-corrected chi connectivity index (χ3v) is 6.12. The van der Waals surface area contributed by atoms with Crippen LogP contribution in [0.1, 0.15) is 6.92 Å². The SMILES string of the molecule is CCOc1ccc(NC(=O)CSc2nnc3n(-c4ccccc4)c(=O)c4ccccc4n23)cc1. The zero-order chi connectivity index (χ0) is 23.5. The number of carbonyl (C=O) groups is 1. The summed E-state index contributed by atoms with van der Waals surface area (Å²) in [6.07, 6.45) is 0. The van der Waals surface area contributed by atoms with Gasteiger partial charge in [0.2, 0.25) is 11.7 Å². The summed E-state index contributed by atoms with van der Waals surface area (Å²) < 4.78 is 8.79. The van der Waals surface area contributed by atoms with Gasteiger partial charge < -0.3 is 10.1 Å². The first kappa shape index (κ1) is 21.7. The van der Waals surface area contributed by atoms with Crippen LogP contribution >= 0.6 is 11.8 Å². The van der Waals surface area contributed by atoms with E-state index in [0.29, 0.717) is 39.8 Å². The Balaban J connectivity index is 1.46. The molecule has 1 N–H and O–H groups in total. The lowest BCUT2D eigenvalue weighted by molar-refractivity contribution is -0.113. The molecule has 0 aliphatic heterocycles. The summed E-state index contributed by atoms with van der Waals surface area (Å²) in [5, 5.41) is 12.6. The van der Waals surface area contributed by atoms with Crippen molar-refractivity contribution in [3.05, 3.63) is 89.2 Å². The Labute approximate surface area is 199 Å². The van der Waals surface area contributed by atoms with Crippen molar-refractivity contribution in [1.29, 1.82) is 0 Å². The van der Waals surface area contributed by atoms with E-state index >= 15 is 0 Å². The summed E-state index contributed by atoms with van der Waals surface area (Å²) in [4.78, 5) is 25.9. The fourth-order valence-electron chi connectivity index (χ4n) is 3.71. The smallest absolute Gasteiger partial charge is 0.267 e. The molecule has 170 valence electrons. The minimum Gasteiger partial charge on any atom is -0.494 e. The Morgan fingerprint density at radius 2 is 1.71 bits per heavy atom. The van der Waals surface area contributed by atoms with Gasteiger partial charge in [0.05, 0.1) is 29.0 Å². The molecule has 0 bridgehead atoms. The van der Waals surface area contributed by atoms with E-state index in [1.807, 2.05) is 72.0 Å². The normalized spacial score (nSPS) is 11.1. The van der Waals surface area contributed by atoms with Gasteiger partial charge in [0.15, 0.2) is 5.16 Å². The third kappa shape index (κ3) is 4.13. The molecule has 8 nitrogen and oxygen atoms in total. The second kappa shape index (κ2) is 9.40. The molecule has 0 atom stereocenters. The second-order valence-corrected chi connectivity index (χ2v) is 8.35. The minimum atomic E-state index is -0.175. The lowest BCUT2D eigenvalue weighted by Gasteiger charge is -2.11. The van der Waals surface area contributed by atoms with Crippen LogP contribution in [0.25, 0.3) is 22.4 Å². The fraction of sp³-hybridized carbons (Fsp3) is 0.120. The molecular weight excluding hydrogens is 450 g/mol. The highest BCUT2D eigenvalue weighted by Crippen LogP contribution is 2.23. The topological polar surface area (TPSA) is 90.5 Å². The Morgan fingerprint density at radius 1 is 0.971 bits per heavy atom. The quantitative estimate of drug-likeness (QED) is 0.359. The van der Waals surface area contributed by atoms with Crippen molar-refractivity contribution in [2.24, 2.45) is 0 Å². The van der Waals surface area contributed by atoms with E-state index in [2.05, 4.69) is 15.5 Å². The van der Waals surface area contributed by atoms with Crippen molar-refractivity contribution in [3.63, 3.8) is 0 Å². The highest BCUT2D eigenvalue weighted by atomic mass is 32.2. The number of fused-ring (bicyclic) bond motifs is 3. The number of rotatable bonds is 7. The van der Waals surface area contributed by atoms with Gasteiger partial charge in [0.1, 0.15) is 5.75 Å². The molecule has 5 rings (SSSR count). The summed E-state index contributed by atoms with van der Waals surface area (Å²) >= 11 is 1.26. The average Bonchev–Trinajstić information content (AvgIpc) is 3.29. The van der Waals surface area contributed by atoms with Gasteiger partial charge in [0, 0.05) is 5.69 Å². The van der Waals surface area contributed by atoms with Crippen LogP contribution in [0.3, 0.4) is 0 Å². The summed E-state index contributed by atoms with van der Waals surface area (Å²) in [5.74, 6) is 1.10. The molecule has 5 aromatic rings. The Morgan fingerprint density at radius 3 is 2.47 bits per heavy atom. The van der Waals surface area contributed by atoms with E-state index in [9.17, 15) is 9.59 Å². The average molecular weight is 472 g/mol. The van der Waals surface area contributed by atoms with Crippen LogP contribution in [0.15, 0.2) is 88.8 Å². The molecule has 0 aliphatic rings. The summed E-state index contributed by atoms with van der Waals surface area (Å²) in [6, 6.07) is 23.9. The zero-order valence-corrected chi connectivity index (χ0v) is 19.2. The van der Waals surface area contributed by atoms with Crippen molar-refractivity contribution < 1.29 is 9.53 Å². The third-order valence-electron chi connectivity index (χ3n) is 5.19. The number of benzene rings is 3. The van der Waals surface area contributed by atoms with Crippen LogP contribution in [0, 0.1) is 0 Å². The van der Waals surface area contributed by atoms with Crippen molar-refractivity contribution in [2.45, 2.75) is 12.1 Å². The fourth-order valence-corrected chi connectivity index (χ4v) is 4.45. The highest BCUT2D eigenvalue weighted by molar-refractivity contribution is 7.99. The number of carbonyl (C=O) groups excluding carboxylic acids is 1. The van der Waals surface area contributed by atoms with E-state index in [-0.39, 0.29) is 17.2 Å². The van der Waals surface area contributed by atoms with Gasteiger partial charge in [0.25, 0.3) is 5.56 Å². The van der Waals surface area contributed by atoms with Crippen molar-refractivity contribution >= 4 is 40.0 Å². The number of ether oxygens (including phenoxy) is 1. The molecule has 0 spiro atoms. The molecule has 1 amide bonds. The van der Waals surface area contributed by atoms with Crippen LogP contribution in [0.4, 0.5) is 5.69 Å². The first-order chi connectivity index (χ1) is 16.7. The van der Waals surface area contributed by atoms with Crippen LogP contribution in [-0.2, 0) is 4.79 Å². The van der Waals surface area contributed by atoms with E-state index in [1.165, 1.54) is 11.8 Å². The minimum absolute atomic E-state index is 0.132. The Hall–Kier alpha value is -4.11. The number of anilines is 1. The molecule has 0 aliphatic carbocycles. The molecule has 34 heavy (non-hydrogen) atoms. The summed E-state index contributed by atoms with van der Waals surface area (Å²) in [5.41, 5.74) is 1.89. The number of hydrogen-bond donors (Lipinski definition) is 1. The number of thioether (sulfide) groups is 1. The van der Waals surface area contributed by atoms with Gasteiger partial charge in [-0.2, -0.15) is 0 Å². The van der Waals surface area contributed by atoms with Crippen LogP contribution in [-0.4, -0.2) is 37.4 Å². The molecule has 0 unspecified atom stereocenters. The van der Waals surface area contributed by atoms with Crippen LogP contribution < -0.4 is 15.6 Å². The number of aromatic nitrogens is 4. The summed E-state index contributed by atoms with van der Waals surface area (Å²) in [7, 11) is 0. The number of amides is 1. The van der Waals surface area contributed by atoms with Gasteiger partial charge in [-0.3, -0.25) is 14.0 Å². The maximum atomic E-state index is 13.3. The Kier molecular flexibility index (Phi) is 6.01.